The fraction of sp³-hybridized carbons (Fsp3) is 0.278. The van der Waals surface area contributed by atoms with E-state index in [0.717, 1.165) is 31.2 Å². The van der Waals surface area contributed by atoms with Gasteiger partial charge in [0.05, 0.1) is 0 Å². The highest BCUT2D eigenvalue weighted by Gasteiger charge is 2.04. The van der Waals surface area contributed by atoms with Gasteiger partial charge in [0.25, 0.3) is 0 Å². The number of unbranched alkanes of at least 4 members (excludes halogenated alkanes) is 1. The Kier molecular flexibility index (Phi) is 5.51. The van der Waals surface area contributed by atoms with Gasteiger partial charge in [0.1, 0.15) is 6.61 Å². The first-order valence-corrected chi connectivity index (χ1v) is 7.06. The molecule has 0 aromatic heterocycles. The normalized spacial score (nSPS) is 10.4. The molecule has 2 aromatic carbocycles. The van der Waals surface area contributed by atoms with Crippen LogP contribution in [0.1, 0.15) is 34.3 Å². The lowest BCUT2D eigenvalue weighted by Crippen LogP contribution is -2.04. The molecule has 0 aliphatic rings. The third-order valence-electron chi connectivity index (χ3n) is 3.42. The smallest absolute Gasteiger partial charge is 0.188 e. The van der Waals surface area contributed by atoms with Crippen LogP contribution in [0.5, 0.6) is 0 Å². The van der Waals surface area contributed by atoms with Crippen molar-refractivity contribution >= 4 is 5.78 Å². The Morgan fingerprint density at radius 1 is 0.850 bits per heavy atom. The van der Waals surface area contributed by atoms with Gasteiger partial charge in [0.15, 0.2) is 5.78 Å². The van der Waals surface area contributed by atoms with Gasteiger partial charge in [-0.05, 0) is 42.9 Å². The highest BCUT2D eigenvalue weighted by atomic mass is 16.3. The fourth-order valence-corrected chi connectivity index (χ4v) is 2.29. The summed E-state index contributed by atoms with van der Waals surface area (Å²) in [5, 5.41) is 8.87. The summed E-state index contributed by atoms with van der Waals surface area (Å²) in [4.78, 5) is 11.4. The van der Waals surface area contributed by atoms with Crippen molar-refractivity contribution in [2.45, 2.75) is 25.7 Å². The standard InChI is InChI=1S/C18H20O2/c19-14-18(20)17-12-6-11-16(13-17)10-5-4-9-15-7-2-1-3-8-15/h1-3,6-8,11-13,19H,4-5,9-10,14H2. The summed E-state index contributed by atoms with van der Waals surface area (Å²) >= 11 is 0. The van der Waals surface area contributed by atoms with E-state index in [0.29, 0.717) is 5.56 Å². The number of aryl methyl sites for hydroxylation is 2. The van der Waals surface area contributed by atoms with E-state index in [2.05, 4.69) is 24.3 Å². The Hall–Kier alpha value is -1.93. The SMILES string of the molecule is O=C(CO)c1cccc(CCCCc2ccccc2)c1. The Balaban J connectivity index is 1.81. The maximum atomic E-state index is 11.4. The number of ketones is 1. The lowest BCUT2D eigenvalue weighted by molar-refractivity contribution is 0.0903. The summed E-state index contributed by atoms with van der Waals surface area (Å²) in [6.07, 6.45) is 4.31. The van der Waals surface area contributed by atoms with Crippen molar-refractivity contribution in [2.75, 3.05) is 6.61 Å². The molecule has 0 amide bonds. The van der Waals surface area contributed by atoms with Crippen molar-refractivity contribution in [1.82, 2.24) is 0 Å². The van der Waals surface area contributed by atoms with E-state index in [1.807, 2.05) is 24.3 Å². The summed E-state index contributed by atoms with van der Waals surface area (Å²) in [6, 6.07) is 18.0. The number of hydrogen-bond donors (Lipinski definition) is 1. The number of aliphatic hydroxyl groups excluding tert-OH is 1. The zero-order valence-electron chi connectivity index (χ0n) is 11.6. The largest absolute Gasteiger partial charge is 0.388 e. The molecular weight excluding hydrogens is 248 g/mol. The maximum absolute atomic E-state index is 11.4. The van der Waals surface area contributed by atoms with Crippen molar-refractivity contribution in [1.29, 1.82) is 0 Å². The van der Waals surface area contributed by atoms with Gasteiger partial charge in [-0.2, -0.15) is 0 Å². The second-order valence-electron chi connectivity index (χ2n) is 4.97. The lowest BCUT2D eigenvalue weighted by Gasteiger charge is -2.04. The Morgan fingerprint density at radius 3 is 2.20 bits per heavy atom. The molecular formula is C18H20O2. The monoisotopic (exact) mass is 268 g/mol. The van der Waals surface area contributed by atoms with E-state index in [4.69, 9.17) is 5.11 Å². The molecule has 0 bridgehead atoms. The van der Waals surface area contributed by atoms with Crippen LogP contribution in [0.2, 0.25) is 0 Å². The Bertz CT molecular complexity index is 546. The van der Waals surface area contributed by atoms with Gasteiger partial charge in [-0.3, -0.25) is 4.79 Å². The zero-order chi connectivity index (χ0) is 14.2. The van der Waals surface area contributed by atoms with Crippen molar-refractivity contribution in [2.24, 2.45) is 0 Å². The first-order chi connectivity index (χ1) is 9.79. The van der Waals surface area contributed by atoms with Crippen LogP contribution >= 0.6 is 0 Å². The van der Waals surface area contributed by atoms with Gasteiger partial charge in [0.2, 0.25) is 0 Å². The number of hydrogen-bond acceptors (Lipinski definition) is 2. The molecule has 0 heterocycles. The van der Waals surface area contributed by atoms with Crippen LogP contribution in [0.15, 0.2) is 54.6 Å². The molecule has 0 unspecified atom stereocenters. The molecule has 0 fully saturated rings. The van der Waals surface area contributed by atoms with Crippen LogP contribution < -0.4 is 0 Å². The van der Waals surface area contributed by atoms with Crippen LogP contribution in [-0.2, 0) is 12.8 Å². The second-order valence-corrected chi connectivity index (χ2v) is 4.97. The summed E-state index contributed by atoms with van der Waals surface area (Å²) in [5.74, 6) is -0.212. The number of carbonyl (C=O) groups excluding carboxylic acids is 1. The minimum Gasteiger partial charge on any atom is -0.388 e. The van der Waals surface area contributed by atoms with Crippen molar-refractivity contribution in [3.63, 3.8) is 0 Å². The van der Waals surface area contributed by atoms with Crippen LogP contribution in [0.25, 0.3) is 0 Å². The van der Waals surface area contributed by atoms with Gasteiger partial charge in [-0.1, -0.05) is 48.5 Å². The first-order valence-electron chi connectivity index (χ1n) is 7.06. The molecule has 2 aromatic rings. The van der Waals surface area contributed by atoms with E-state index in [1.165, 1.54) is 5.56 Å². The predicted octanol–water partition coefficient (Wildman–Crippen LogP) is 3.43. The molecule has 0 saturated carbocycles. The van der Waals surface area contributed by atoms with E-state index in [-0.39, 0.29) is 5.78 Å². The third kappa shape index (κ3) is 4.32. The summed E-state index contributed by atoms with van der Waals surface area (Å²) < 4.78 is 0. The average Bonchev–Trinajstić information content (AvgIpc) is 2.52. The molecule has 2 nitrogen and oxygen atoms in total. The number of carbonyl (C=O) groups is 1. The molecule has 0 aliphatic carbocycles. The molecule has 0 spiro atoms. The summed E-state index contributed by atoms with van der Waals surface area (Å²) in [6.45, 7) is -0.419. The second kappa shape index (κ2) is 7.61. The zero-order valence-corrected chi connectivity index (χ0v) is 11.6. The summed E-state index contributed by atoms with van der Waals surface area (Å²) in [7, 11) is 0. The lowest BCUT2D eigenvalue weighted by atomic mass is 10.0. The predicted molar refractivity (Wildman–Crippen MR) is 80.9 cm³/mol. The van der Waals surface area contributed by atoms with Gasteiger partial charge >= 0.3 is 0 Å². The Labute approximate surface area is 120 Å². The molecule has 0 aliphatic heterocycles. The van der Waals surface area contributed by atoms with Gasteiger partial charge in [-0.25, -0.2) is 0 Å². The minimum absolute atomic E-state index is 0.212. The van der Waals surface area contributed by atoms with Crippen molar-refractivity contribution in [3.8, 4) is 0 Å². The summed E-state index contributed by atoms with van der Waals surface area (Å²) in [5.41, 5.74) is 3.14. The van der Waals surface area contributed by atoms with Crippen LogP contribution in [0.3, 0.4) is 0 Å². The highest BCUT2D eigenvalue weighted by molar-refractivity contribution is 5.97. The number of rotatable bonds is 7. The van der Waals surface area contributed by atoms with E-state index in [1.54, 1.807) is 6.07 Å². The van der Waals surface area contributed by atoms with Gasteiger partial charge in [0, 0.05) is 5.56 Å². The molecule has 20 heavy (non-hydrogen) atoms. The Morgan fingerprint density at radius 2 is 1.50 bits per heavy atom. The molecule has 0 saturated heterocycles. The number of Topliss-reactive ketones (excluding diaryl/α,β-unsaturated/α-hetero) is 1. The minimum atomic E-state index is -0.419. The van der Waals surface area contributed by atoms with E-state index >= 15 is 0 Å². The van der Waals surface area contributed by atoms with Gasteiger partial charge < -0.3 is 5.11 Å². The molecule has 2 heteroatoms. The number of benzene rings is 2. The molecule has 104 valence electrons. The average molecular weight is 268 g/mol. The topological polar surface area (TPSA) is 37.3 Å². The van der Waals surface area contributed by atoms with E-state index < -0.39 is 6.61 Å². The van der Waals surface area contributed by atoms with Crippen LogP contribution in [-0.4, -0.2) is 17.5 Å². The molecule has 0 atom stereocenters. The van der Waals surface area contributed by atoms with Crippen LogP contribution in [0.4, 0.5) is 0 Å². The third-order valence-corrected chi connectivity index (χ3v) is 3.42. The molecule has 1 N–H and O–H groups in total. The maximum Gasteiger partial charge on any atom is 0.188 e. The fourth-order valence-electron chi connectivity index (χ4n) is 2.29. The van der Waals surface area contributed by atoms with E-state index in [9.17, 15) is 4.79 Å². The quantitative estimate of drug-likeness (QED) is 0.617. The molecule has 2 rings (SSSR count). The van der Waals surface area contributed by atoms with Crippen molar-refractivity contribution in [3.05, 3.63) is 71.3 Å². The van der Waals surface area contributed by atoms with Gasteiger partial charge in [-0.15, -0.1) is 0 Å². The van der Waals surface area contributed by atoms with Crippen LogP contribution in [0, 0.1) is 0 Å². The van der Waals surface area contributed by atoms with Crippen molar-refractivity contribution < 1.29 is 9.90 Å². The number of aliphatic hydroxyl groups is 1. The molecule has 0 radical (unpaired) electrons. The first kappa shape index (κ1) is 14.5. The highest BCUT2D eigenvalue weighted by Crippen LogP contribution is 2.11.